The molecule has 7 heteroatoms. The lowest BCUT2D eigenvalue weighted by molar-refractivity contribution is -0.140. The fraction of sp³-hybridized carbons (Fsp3) is 0.192. The Hall–Kier alpha value is -4.13. The first-order valence-corrected chi connectivity index (χ1v) is 10.6. The van der Waals surface area contributed by atoms with Crippen LogP contribution in [0.1, 0.15) is 29.7 Å². The molecule has 1 aromatic heterocycles. The first-order chi connectivity index (χ1) is 16.0. The van der Waals surface area contributed by atoms with E-state index in [4.69, 9.17) is 9.47 Å². The minimum Gasteiger partial charge on any atom is -0.507 e. The molecular formula is C26H24N2O5. The zero-order chi connectivity index (χ0) is 23.4. The third-order valence-electron chi connectivity index (χ3n) is 5.47. The zero-order valence-electron chi connectivity index (χ0n) is 18.4. The summed E-state index contributed by atoms with van der Waals surface area (Å²) in [5.41, 5.74) is 1.88. The van der Waals surface area contributed by atoms with E-state index in [2.05, 4.69) is 4.98 Å². The minimum atomic E-state index is -0.771. The fourth-order valence-corrected chi connectivity index (χ4v) is 3.92. The second-order valence-electron chi connectivity index (χ2n) is 7.52. The van der Waals surface area contributed by atoms with Crippen LogP contribution in [-0.4, -0.2) is 40.4 Å². The Labute approximate surface area is 191 Å². The van der Waals surface area contributed by atoms with Crippen molar-refractivity contribution >= 4 is 17.4 Å². The number of hydrogen-bond acceptors (Lipinski definition) is 6. The molecule has 0 unspecified atom stereocenters. The molecule has 1 fully saturated rings. The van der Waals surface area contributed by atoms with Crippen LogP contribution in [0.2, 0.25) is 0 Å². The largest absolute Gasteiger partial charge is 0.507 e. The maximum Gasteiger partial charge on any atom is 0.295 e. The van der Waals surface area contributed by atoms with Crippen LogP contribution in [0.15, 0.2) is 78.6 Å². The number of carbonyl (C=O) groups is 2. The van der Waals surface area contributed by atoms with Crippen molar-refractivity contribution in [2.75, 3.05) is 13.7 Å². The summed E-state index contributed by atoms with van der Waals surface area (Å²) >= 11 is 0. The highest BCUT2D eigenvalue weighted by Crippen LogP contribution is 2.41. The molecule has 2 aromatic carbocycles. The van der Waals surface area contributed by atoms with Crippen molar-refractivity contribution < 1.29 is 24.2 Å². The standard InChI is InChI=1S/C26H24N2O5/c1-3-33-20-11-9-18(10-12-20)23-22(24(29)19-7-4-8-21(14-19)32-2)25(30)26(31)28(23)16-17-6-5-13-27-15-17/h4-15,23,29H,3,16H2,1-2H3/b24-22+/t23-/m1/s1. The van der Waals surface area contributed by atoms with Gasteiger partial charge < -0.3 is 19.5 Å². The molecular weight excluding hydrogens is 420 g/mol. The number of ether oxygens (including phenoxy) is 2. The zero-order valence-corrected chi connectivity index (χ0v) is 18.4. The predicted molar refractivity (Wildman–Crippen MR) is 123 cm³/mol. The fourth-order valence-electron chi connectivity index (χ4n) is 3.92. The first-order valence-electron chi connectivity index (χ1n) is 10.6. The van der Waals surface area contributed by atoms with E-state index in [-0.39, 0.29) is 17.9 Å². The molecule has 0 radical (unpaired) electrons. The third kappa shape index (κ3) is 4.43. The summed E-state index contributed by atoms with van der Waals surface area (Å²) in [7, 11) is 1.52. The van der Waals surface area contributed by atoms with Gasteiger partial charge in [0.1, 0.15) is 17.3 Å². The van der Waals surface area contributed by atoms with Gasteiger partial charge in [-0.25, -0.2) is 0 Å². The molecule has 4 rings (SSSR count). The molecule has 3 aromatic rings. The van der Waals surface area contributed by atoms with E-state index in [1.54, 1.807) is 67.0 Å². The number of aliphatic hydroxyl groups excluding tert-OH is 1. The molecule has 0 spiro atoms. The Morgan fingerprint density at radius 1 is 1.06 bits per heavy atom. The van der Waals surface area contributed by atoms with Crippen LogP contribution >= 0.6 is 0 Å². The van der Waals surface area contributed by atoms with Crippen molar-refractivity contribution in [3.8, 4) is 11.5 Å². The number of Topliss-reactive ketones (excluding diaryl/α,β-unsaturated/α-hetero) is 1. The highest BCUT2D eigenvalue weighted by Gasteiger charge is 2.46. The van der Waals surface area contributed by atoms with Crippen LogP contribution in [0.5, 0.6) is 11.5 Å². The Balaban J connectivity index is 1.84. The van der Waals surface area contributed by atoms with Crippen molar-refractivity contribution in [1.29, 1.82) is 0 Å². The number of aliphatic hydroxyl groups is 1. The molecule has 33 heavy (non-hydrogen) atoms. The summed E-state index contributed by atoms with van der Waals surface area (Å²) in [5.74, 6) is -0.459. The van der Waals surface area contributed by atoms with Gasteiger partial charge in [0.15, 0.2) is 0 Å². The van der Waals surface area contributed by atoms with Crippen molar-refractivity contribution in [2.24, 2.45) is 0 Å². The Morgan fingerprint density at radius 2 is 1.85 bits per heavy atom. The van der Waals surface area contributed by atoms with E-state index in [1.807, 2.05) is 13.0 Å². The topological polar surface area (TPSA) is 89.0 Å². The summed E-state index contributed by atoms with van der Waals surface area (Å²) in [5, 5.41) is 11.2. The Kier molecular flexibility index (Phi) is 6.40. The molecule has 1 aliphatic rings. The number of hydrogen-bond donors (Lipinski definition) is 1. The quantitative estimate of drug-likeness (QED) is 0.335. The molecule has 1 amide bonds. The van der Waals surface area contributed by atoms with E-state index in [9.17, 15) is 14.7 Å². The number of likely N-dealkylation sites (tertiary alicyclic amines) is 1. The summed E-state index contributed by atoms with van der Waals surface area (Å²) in [4.78, 5) is 31.8. The highest BCUT2D eigenvalue weighted by atomic mass is 16.5. The lowest BCUT2D eigenvalue weighted by Crippen LogP contribution is -2.29. The molecule has 168 valence electrons. The lowest BCUT2D eigenvalue weighted by Gasteiger charge is -2.25. The number of amides is 1. The van der Waals surface area contributed by atoms with Crippen molar-refractivity contribution in [3.05, 3.63) is 95.3 Å². The number of benzene rings is 2. The van der Waals surface area contributed by atoms with Gasteiger partial charge in [0.05, 0.1) is 25.3 Å². The van der Waals surface area contributed by atoms with Gasteiger partial charge in [-0.1, -0.05) is 30.3 Å². The first kappa shape index (κ1) is 22.1. The lowest BCUT2D eigenvalue weighted by atomic mass is 9.95. The molecule has 1 saturated heterocycles. The molecule has 7 nitrogen and oxygen atoms in total. The number of nitrogens with zero attached hydrogens (tertiary/aromatic N) is 2. The van der Waals surface area contributed by atoms with Crippen molar-refractivity contribution in [2.45, 2.75) is 19.5 Å². The second kappa shape index (κ2) is 9.56. The molecule has 1 aliphatic heterocycles. The summed E-state index contributed by atoms with van der Waals surface area (Å²) in [6.07, 6.45) is 3.29. The Morgan fingerprint density at radius 3 is 2.52 bits per heavy atom. The average Bonchev–Trinajstić information content (AvgIpc) is 3.10. The van der Waals surface area contributed by atoms with Crippen molar-refractivity contribution in [3.63, 3.8) is 0 Å². The molecule has 0 aliphatic carbocycles. The molecule has 0 bridgehead atoms. The molecule has 1 N–H and O–H groups in total. The van der Waals surface area contributed by atoms with Crippen LogP contribution in [-0.2, 0) is 16.1 Å². The predicted octanol–water partition coefficient (Wildman–Crippen LogP) is 4.11. The van der Waals surface area contributed by atoms with E-state index in [0.717, 1.165) is 5.56 Å². The van der Waals surface area contributed by atoms with Gasteiger partial charge in [0, 0.05) is 24.5 Å². The summed E-state index contributed by atoms with van der Waals surface area (Å²) < 4.78 is 10.8. The van der Waals surface area contributed by atoms with Crippen LogP contribution in [0, 0.1) is 0 Å². The van der Waals surface area contributed by atoms with E-state index in [1.165, 1.54) is 12.0 Å². The van der Waals surface area contributed by atoms with Gasteiger partial charge in [-0.2, -0.15) is 0 Å². The maximum atomic E-state index is 13.1. The number of ketones is 1. The van der Waals surface area contributed by atoms with Gasteiger partial charge in [0.25, 0.3) is 11.7 Å². The average molecular weight is 444 g/mol. The maximum absolute atomic E-state index is 13.1. The van der Waals surface area contributed by atoms with E-state index in [0.29, 0.717) is 29.2 Å². The smallest absolute Gasteiger partial charge is 0.295 e. The van der Waals surface area contributed by atoms with Crippen molar-refractivity contribution in [1.82, 2.24) is 9.88 Å². The molecule has 1 atom stereocenters. The summed E-state index contributed by atoms with van der Waals surface area (Å²) in [6.45, 7) is 2.59. The number of rotatable bonds is 7. The number of aromatic nitrogens is 1. The third-order valence-corrected chi connectivity index (χ3v) is 5.47. The molecule has 0 saturated carbocycles. The normalized spacial score (nSPS) is 17.3. The second-order valence-corrected chi connectivity index (χ2v) is 7.52. The van der Waals surface area contributed by atoms with Crippen LogP contribution in [0.3, 0.4) is 0 Å². The van der Waals surface area contributed by atoms with Crippen LogP contribution < -0.4 is 9.47 Å². The van der Waals surface area contributed by atoms with Crippen LogP contribution in [0.25, 0.3) is 5.76 Å². The van der Waals surface area contributed by atoms with Gasteiger partial charge in [-0.3, -0.25) is 14.6 Å². The SMILES string of the molecule is CCOc1ccc([C@@H]2/C(=C(\O)c3cccc(OC)c3)C(=O)C(=O)N2Cc2cccnc2)cc1. The monoisotopic (exact) mass is 444 g/mol. The Bertz CT molecular complexity index is 1190. The van der Waals surface area contributed by atoms with Gasteiger partial charge in [0.2, 0.25) is 0 Å². The number of methoxy groups -OCH3 is 1. The highest BCUT2D eigenvalue weighted by molar-refractivity contribution is 6.46. The number of pyridine rings is 1. The van der Waals surface area contributed by atoms with Gasteiger partial charge >= 0.3 is 0 Å². The minimum absolute atomic E-state index is 0.0290. The summed E-state index contributed by atoms with van der Waals surface area (Å²) in [6, 6.07) is 16.8. The molecule has 2 heterocycles. The van der Waals surface area contributed by atoms with E-state index >= 15 is 0 Å². The number of carbonyl (C=O) groups excluding carboxylic acids is 2. The van der Waals surface area contributed by atoms with Gasteiger partial charge in [-0.05, 0) is 48.4 Å². The van der Waals surface area contributed by atoms with Gasteiger partial charge in [-0.15, -0.1) is 0 Å². The van der Waals surface area contributed by atoms with E-state index < -0.39 is 17.7 Å². The van der Waals surface area contributed by atoms with Crippen LogP contribution in [0.4, 0.5) is 0 Å².